The van der Waals surface area contributed by atoms with Crippen LogP contribution in [-0.2, 0) is 10.8 Å². The molecule has 0 aliphatic carbocycles. The molecule has 20 heavy (non-hydrogen) atoms. The second kappa shape index (κ2) is 5.29. The summed E-state index contributed by atoms with van der Waals surface area (Å²) in [5.41, 5.74) is 2.84. The van der Waals surface area contributed by atoms with Crippen molar-refractivity contribution in [3.8, 4) is 11.5 Å². The number of aryl methyl sites for hydroxylation is 4. The van der Waals surface area contributed by atoms with Crippen LogP contribution < -0.4 is 0 Å². The van der Waals surface area contributed by atoms with Crippen LogP contribution in [0.5, 0.6) is 11.5 Å². The minimum atomic E-state index is -1.33. The van der Waals surface area contributed by atoms with Gasteiger partial charge in [0.15, 0.2) is 0 Å². The molecule has 2 aromatic rings. The number of rotatable bonds is 2. The van der Waals surface area contributed by atoms with Crippen LogP contribution in [0.25, 0.3) is 0 Å². The van der Waals surface area contributed by atoms with Gasteiger partial charge in [0.05, 0.1) is 10.8 Å². The SMILES string of the molecule is Cc1cc(S(=O)c2cc(C)c(O)c(C)c2)cc(C)c1O. The lowest BCUT2D eigenvalue weighted by Crippen LogP contribution is -1.97. The van der Waals surface area contributed by atoms with Crippen LogP contribution in [0.4, 0.5) is 0 Å². The van der Waals surface area contributed by atoms with E-state index in [4.69, 9.17) is 0 Å². The Morgan fingerprint density at radius 1 is 0.700 bits per heavy atom. The summed E-state index contributed by atoms with van der Waals surface area (Å²) in [7, 11) is -1.33. The first-order valence-electron chi connectivity index (χ1n) is 6.33. The maximum Gasteiger partial charge on any atom is 0.121 e. The second-order valence-electron chi connectivity index (χ2n) is 5.08. The topological polar surface area (TPSA) is 57.5 Å². The van der Waals surface area contributed by atoms with E-state index in [2.05, 4.69) is 0 Å². The van der Waals surface area contributed by atoms with E-state index < -0.39 is 10.8 Å². The van der Waals surface area contributed by atoms with E-state index in [1.54, 1.807) is 52.0 Å². The monoisotopic (exact) mass is 290 g/mol. The normalized spacial score (nSPS) is 11.1. The highest BCUT2D eigenvalue weighted by atomic mass is 32.2. The minimum Gasteiger partial charge on any atom is -0.507 e. The minimum absolute atomic E-state index is 0.240. The lowest BCUT2D eigenvalue weighted by atomic mass is 10.1. The van der Waals surface area contributed by atoms with Crippen LogP contribution in [0.3, 0.4) is 0 Å². The van der Waals surface area contributed by atoms with Gasteiger partial charge in [0.2, 0.25) is 0 Å². The van der Waals surface area contributed by atoms with Gasteiger partial charge < -0.3 is 10.2 Å². The predicted octanol–water partition coefficient (Wildman–Crippen LogP) is 3.50. The molecule has 0 radical (unpaired) electrons. The Balaban J connectivity index is 2.52. The van der Waals surface area contributed by atoms with Crippen molar-refractivity contribution in [1.29, 1.82) is 0 Å². The average molecular weight is 290 g/mol. The molecule has 0 bridgehead atoms. The molecule has 2 aromatic carbocycles. The maximum atomic E-state index is 12.6. The van der Waals surface area contributed by atoms with Crippen LogP contribution in [0.2, 0.25) is 0 Å². The molecular formula is C16H18O3S. The fraction of sp³-hybridized carbons (Fsp3) is 0.250. The number of aromatic hydroxyl groups is 2. The Labute approximate surface area is 121 Å². The van der Waals surface area contributed by atoms with Crippen molar-refractivity contribution >= 4 is 10.8 Å². The van der Waals surface area contributed by atoms with E-state index in [1.165, 1.54) is 0 Å². The lowest BCUT2D eigenvalue weighted by molar-refractivity contribution is 0.466. The molecule has 0 aliphatic rings. The van der Waals surface area contributed by atoms with E-state index in [-0.39, 0.29) is 11.5 Å². The average Bonchev–Trinajstić information content (AvgIpc) is 2.40. The van der Waals surface area contributed by atoms with Crippen molar-refractivity contribution in [2.45, 2.75) is 37.5 Å². The summed E-state index contributed by atoms with van der Waals surface area (Å²) in [5.74, 6) is 0.479. The van der Waals surface area contributed by atoms with Gasteiger partial charge in [0.25, 0.3) is 0 Å². The van der Waals surface area contributed by atoms with Crippen molar-refractivity contribution in [2.75, 3.05) is 0 Å². The number of hydrogen-bond acceptors (Lipinski definition) is 3. The van der Waals surface area contributed by atoms with Gasteiger partial charge in [0.1, 0.15) is 11.5 Å². The van der Waals surface area contributed by atoms with E-state index in [0.29, 0.717) is 32.0 Å². The molecule has 0 fully saturated rings. The number of phenolic OH excluding ortho intramolecular Hbond substituents is 2. The smallest absolute Gasteiger partial charge is 0.121 e. The Kier molecular flexibility index (Phi) is 3.86. The van der Waals surface area contributed by atoms with Crippen LogP contribution >= 0.6 is 0 Å². The van der Waals surface area contributed by atoms with E-state index in [9.17, 15) is 14.4 Å². The van der Waals surface area contributed by atoms with E-state index in [0.717, 1.165) is 0 Å². The summed E-state index contributed by atoms with van der Waals surface area (Å²) in [4.78, 5) is 1.31. The third kappa shape index (κ3) is 2.56. The van der Waals surface area contributed by atoms with Crippen LogP contribution in [0.1, 0.15) is 22.3 Å². The fourth-order valence-corrected chi connectivity index (χ4v) is 3.59. The second-order valence-corrected chi connectivity index (χ2v) is 6.56. The molecule has 3 nitrogen and oxygen atoms in total. The van der Waals surface area contributed by atoms with Gasteiger partial charge in [-0.3, -0.25) is 0 Å². The van der Waals surface area contributed by atoms with Crippen molar-refractivity contribution in [2.24, 2.45) is 0 Å². The molecule has 0 spiro atoms. The number of phenols is 2. The summed E-state index contributed by atoms with van der Waals surface area (Å²) >= 11 is 0. The molecule has 0 unspecified atom stereocenters. The van der Waals surface area contributed by atoms with Gasteiger partial charge in [0, 0.05) is 9.79 Å². The highest BCUT2D eigenvalue weighted by Crippen LogP contribution is 2.30. The molecule has 4 heteroatoms. The molecular weight excluding hydrogens is 272 g/mol. The van der Waals surface area contributed by atoms with Crippen molar-refractivity contribution < 1.29 is 14.4 Å². The van der Waals surface area contributed by atoms with Crippen molar-refractivity contribution in [1.82, 2.24) is 0 Å². The van der Waals surface area contributed by atoms with Gasteiger partial charge in [-0.1, -0.05) is 0 Å². The maximum absolute atomic E-state index is 12.6. The predicted molar refractivity (Wildman–Crippen MR) is 79.8 cm³/mol. The van der Waals surface area contributed by atoms with Gasteiger partial charge in [-0.25, -0.2) is 4.21 Å². The standard InChI is InChI=1S/C16H18O3S/c1-9-5-13(6-10(2)15(9)17)20(19)14-7-11(3)16(18)12(4)8-14/h5-8,17-18H,1-4H3. The van der Waals surface area contributed by atoms with Gasteiger partial charge >= 0.3 is 0 Å². The highest BCUT2D eigenvalue weighted by Gasteiger charge is 2.13. The molecule has 0 saturated heterocycles. The molecule has 0 heterocycles. The summed E-state index contributed by atoms with van der Waals surface area (Å²) in [6.07, 6.45) is 0. The first kappa shape index (κ1) is 14.6. The quantitative estimate of drug-likeness (QED) is 0.890. The van der Waals surface area contributed by atoms with Crippen molar-refractivity contribution in [3.05, 3.63) is 46.5 Å². The van der Waals surface area contributed by atoms with E-state index >= 15 is 0 Å². The van der Waals surface area contributed by atoms with Crippen LogP contribution in [0.15, 0.2) is 34.1 Å². The molecule has 0 saturated carbocycles. The lowest BCUT2D eigenvalue weighted by Gasteiger charge is -2.10. The van der Waals surface area contributed by atoms with E-state index in [1.807, 2.05) is 0 Å². The molecule has 2 rings (SSSR count). The Bertz CT molecular complexity index is 599. The first-order valence-corrected chi connectivity index (χ1v) is 7.48. The summed E-state index contributed by atoms with van der Waals surface area (Å²) in [6, 6.07) is 6.93. The first-order chi connectivity index (χ1) is 9.31. The van der Waals surface area contributed by atoms with Gasteiger partial charge in [-0.2, -0.15) is 0 Å². The Morgan fingerprint density at radius 3 is 1.20 bits per heavy atom. The van der Waals surface area contributed by atoms with Gasteiger partial charge in [-0.05, 0) is 74.2 Å². The molecule has 0 atom stereocenters. The number of hydrogen-bond donors (Lipinski definition) is 2. The largest absolute Gasteiger partial charge is 0.507 e. The van der Waals surface area contributed by atoms with Crippen LogP contribution in [-0.4, -0.2) is 14.4 Å². The highest BCUT2D eigenvalue weighted by molar-refractivity contribution is 7.85. The van der Waals surface area contributed by atoms with Crippen molar-refractivity contribution in [3.63, 3.8) is 0 Å². The molecule has 0 amide bonds. The third-order valence-corrected chi connectivity index (χ3v) is 4.69. The molecule has 106 valence electrons. The van der Waals surface area contributed by atoms with Gasteiger partial charge in [-0.15, -0.1) is 0 Å². The zero-order valence-electron chi connectivity index (χ0n) is 12.0. The van der Waals surface area contributed by atoms with Crippen LogP contribution in [0, 0.1) is 27.7 Å². The number of benzene rings is 2. The molecule has 2 N–H and O–H groups in total. The zero-order chi connectivity index (χ0) is 15.0. The summed E-state index contributed by atoms with van der Waals surface area (Å²) in [6.45, 7) is 7.15. The fourth-order valence-electron chi connectivity index (χ4n) is 2.18. The molecule has 0 aromatic heterocycles. The third-order valence-electron chi connectivity index (χ3n) is 3.36. The Hall–Kier alpha value is -1.81. The summed E-state index contributed by atoms with van der Waals surface area (Å²) in [5, 5.41) is 19.6. The summed E-state index contributed by atoms with van der Waals surface area (Å²) < 4.78 is 12.6. The zero-order valence-corrected chi connectivity index (χ0v) is 12.8. The molecule has 0 aliphatic heterocycles. The Morgan fingerprint density at radius 2 is 0.950 bits per heavy atom.